The maximum Gasteiger partial charge on any atom is 0.0895 e. The van der Waals surface area contributed by atoms with Crippen LogP contribution in [0.3, 0.4) is 0 Å². The lowest BCUT2D eigenvalue weighted by molar-refractivity contribution is 0.165. The zero-order valence-electron chi connectivity index (χ0n) is 8.60. The monoisotopic (exact) mass is 212 g/mol. The number of hydrogen-bond acceptors (Lipinski definition) is 5. The fraction of sp³-hybridized carbons (Fsp3) is 0.778. The second kappa shape index (κ2) is 4.33. The second-order valence-corrected chi connectivity index (χ2v) is 4.67. The van der Waals surface area contributed by atoms with Crippen molar-refractivity contribution in [3.8, 4) is 0 Å². The van der Waals surface area contributed by atoms with Crippen molar-refractivity contribution in [2.75, 3.05) is 13.1 Å². The van der Waals surface area contributed by atoms with E-state index in [1.165, 1.54) is 11.5 Å². The molecule has 0 aromatic carbocycles. The summed E-state index contributed by atoms with van der Waals surface area (Å²) in [5, 5.41) is 9.61. The van der Waals surface area contributed by atoms with Crippen LogP contribution >= 0.6 is 11.5 Å². The van der Waals surface area contributed by atoms with E-state index in [0.29, 0.717) is 12.1 Å². The molecule has 1 N–H and O–H groups in total. The average Bonchev–Trinajstić information content (AvgIpc) is 2.54. The highest BCUT2D eigenvalue weighted by atomic mass is 32.1. The highest BCUT2D eigenvalue weighted by Crippen LogP contribution is 2.08. The summed E-state index contributed by atoms with van der Waals surface area (Å²) in [4.78, 5) is 2.43. The summed E-state index contributed by atoms with van der Waals surface area (Å²) in [6.45, 7) is 7.58. The number of hydrogen-bond donors (Lipinski definition) is 1. The van der Waals surface area contributed by atoms with Crippen molar-refractivity contribution in [2.45, 2.75) is 32.5 Å². The molecule has 5 heteroatoms. The molecular formula is C9H16N4S. The summed E-state index contributed by atoms with van der Waals surface area (Å²) in [6, 6.07) is 1.15. The van der Waals surface area contributed by atoms with Crippen LogP contribution in [0.1, 0.15) is 19.5 Å². The van der Waals surface area contributed by atoms with Crippen molar-refractivity contribution in [3.05, 3.63) is 11.1 Å². The van der Waals surface area contributed by atoms with E-state index in [-0.39, 0.29) is 0 Å². The van der Waals surface area contributed by atoms with Crippen molar-refractivity contribution in [2.24, 2.45) is 0 Å². The fourth-order valence-electron chi connectivity index (χ4n) is 2.05. The van der Waals surface area contributed by atoms with E-state index in [0.717, 1.165) is 25.3 Å². The number of rotatable bonds is 2. The van der Waals surface area contributed by atoms with Crippen LogP contribution in [0.25, 0.3) is 0 Å². The van der Waals surface area contributed by atoms with Crippen LogP contribution in [-0.2, 0) is 6.54 Å². The van der Waals surface area contributed by atoms with Gasteiger partial charge in [-0.25, -0.2) is 0 Å². The molecule has 0 aliphatic carbocycles. The van der Waals surface area contributed by atoms with Crippen LogP contribution in [0.2, 0.25) is 0 Å². The van der Waals surface area contributed by atoms with Crippen molar-refractivity contribution in [1.82, 2.24) is 19.8 Å². The summed E-state index contributed by atoms with van der Waals surface area (Å²) in [6.07, 6.45) is 0. The third kappa shape index (κ3) is 2.50. The molecule has 0 radical (unpaired) electrons. The lowest BCUT2D eigenvalue weighted by Gasteiger charge is -2.35. The molecule has 78 valence electrons. The van der Waals surface area contributed by atoms with Gasteiger partial charge in [0.1, 0.15) is 0 Å². The zero-order valence-corrected chi connectivity index (χ0v) is 9.42. The predicted octanol–water partition coefficient (Wildman–Crippen LogP) is 0.720. The van der Waals surface area contributed by atoms with Crippen molar-refractivity contribution in [3.63, 3.8) is 0 Å². The zero-order chi connectivity index (χ0) is 9.97. The summed E-state index contributed by atoms with van der Waals surface area (Å²) >= 11 is 1.43. The van der Waals surface area contributed by atoms with Gasteiger partial charge in [-0.2, -0.15) is 0 Å². The molecule has 0 saturated carbocycles. The molecule has 14 heavy (non-hydrogen) atoms. The minimum absolute atomic E-state index is 0.574. The van der Waals surface area contributed by atoms with Gasteiger partial charge in [0.15, 0.2) is 0 Å². The van der Waals surface area contributed by atoms with Gasteiger partial charge in [-0.3, -0.25) is 4.90 Å². The molecule has 1 saturated heterocycles. The lowest BCUT2D eigenvalue weighted by atomic mass is 10.1. The Bertz CT molecular complexity index is 264. The Labute approximate surface area is 88.5 Å². The van der Waals surface area contributed by atoms with E-state index in [9.17, 15) is 0 Å². The highest BCUT2D eigenvalue weighted by Gasteiger charge is 2.21. The predicted molar refractivity (Wildman–Crippen MR) is 57.2 cm³/mol. The molecule has 1 aromatic heterocycles. The minimum Gasteiger partial charge on any atom is -0.309 e. The first-order valence-electron chi connectivity index (χ1n) is 4.98. The first kappa shape index (κ1) is 10.0. The maximum atomic E-state index is 4.07. The molecule has 0 amide bonds. The summed E-state index contributed by atoms with van der Waals surface area (Å²) in [5.74, 6) is 0. The minimum atomic E-state index is 0.574. The van der Waals surface area contributed by atoms with Gasteiger partial charge in [0.25, 0.3) is 0 Å². The van der Waals surface area contributed by atoms with Crippen molar-refractivity contribution in [1.29, 1.82) is 0 Å². The molecule has 2 unspecified atom stereocenters. The van der Waals surface area contributed by atoms with Crippen LogP contribution in [0.5, 0.6) is 0 Å². The summed E-state index contributed by atoms with van der Waals surface area (Å²) in [5.41, 5.74) is 1.09. The Morgan fingerprint density at radius 1 is 1.50 bits per heavy atom. The van der Waals surface area contributed by atoms with Gasteiger partial charge >= 0.3 is 0 Å². The first-order valence-corrected chi connectivity index (χ1v) is 5.82. The standard InChI is InChI=1S/C9H16N4S/c1-7-3-13(4-8(2)10-7)5-9-6-14-12-11-9/h6-8,10H,3-5H2,1-2H3. The highest BCUT2D eigenvalue weighted by molar-refractivity contribution is 7.03. The van der Waals surface area contributed by atoms with E-state index in [1.54, 1.807) is 0 Å². The summed E-state index contributed by atoms with van der Waals surface area (Å²) < 4.78 is 3.88. The van der Waals surface area contributed by atoms with Crippen molar-refractivity contribution >= 4 is 11.5 Å². The Morgan fingerprint density at radius 2 is 2.21 bits per heavy atom. The molecule has 2 atom stereocenters. The molecular weight excluding hydrogens is 196 g/mol. The number of piperazine rings is 1. The maximum absolute atomic E-state index is 4.07. The second-order valence-electron chi connectivity index (χ2n) is 4.06. The number of nitrogens with one attached hydrogen (secondary N) is 1. The molecule has 2 rings (SSSR count). The largest absolute Gasteiger partial charge is 0.309 e. The molecule has 0 bridgehead atoms. The number of aromatic nitrogens is 2. The van der Waals surface area contributed by atoms with Gasteiger partial charge < -0.3 is 5.32 Å². The molecule has 1 fully saturated rings. The third-order valence-electron chi connectivity index (χ3n) is 2.42. The Hall–Kier alpha value is -0.520. The van der Waals surface area contributed by atoms with E-state index >= 15 is 0 Å². The normalized spacial score (nSPS) is 29.3. The first-order chi connectivity index (χ1) is 6.74. The molecule has 0 spiro atoms. The molecule has 1 aliphatic rings. The smallest absolute Gasteiger partial charge is 0.0895 e. The van der Waals surface area contributed by atoms with Gasteiger partial charge in [-0.15, -0.1) is 5.10 Å². The molecule has 2 heterocycles. The Kier molecular flexibility index (Phi) is 3.10. The quantitative estimate of drug-likeness (QED) is 0.784. The molecule has 1 aromatic rings. The Balaban J connectivity index is 1.91. The van der Waals surface area contributed by atoms with Crippen LogP contribution in [0, 0.1) is 0 Å². The molecule has 4 nitrogen and oxygen atoms in total. The van der Waals surface area contributed by atoms with E-state index in [1.807, 2.05) is 5.38 Å². The van der Waals surface area contributed by atoms with Crippen LogP contribution in [0.15, 0.2) is 5.38 Å². The molecule has 1 aliphatic heterocycles. The van der Waals surface area contributed by atoms with E-state index in [4.69, 9.17) is 0 Å². The van der Waals surface area contributed by atoms with Crippen molar-refractivity contribution < 1.29 is 0 Å². The van der Waals surface area contributed by atoms with Crippen LogP contribution in [0.4, 0.5) is 0 Å². The fourth-order valence-corrected chi connectivity index (χ4v) is 2.49. The van der Waals surface area contributed by atoms with Crippen LogP contribution in [-0.4, -0.2) is 39.7 Å². The van der Waals surface area contributed by atoms with Gasteiger partial charge in [-0.05, 0) is 25.4 Å². The average molecular weight is 212 g/mol. The lowest BCUT2D eigenvalue weighted by Crippen LogP contribution is -2.53. The van der Waals surface area contributed by atoms with Gasteiger partial charge in [0, 0.05) is 37.1 Å². The van der Waals surface area contributed by atoms with Gasteiger partial charge in [0.2, 0.25) is 0 Å². The Morgan fingerprint density at radius 3 is 2.79 bits per heavy atom. The van der Waals surface area contributed by atoms with E-state index < -0.39 is 0 Å². The third-order valence-corrected chi connectivity index (χ3v) is 2.98. The SMILES string of the molecule is CC1CN(Cc2csnn2)CC(C)N1. The summed E-state index contributed by atoms with van der Waals surface area (Å²) in [7, 11) is 0. The van der Waals surface area contributed by atoms with Crippen LogP contribution < -0.4 is 5.32 Å². The van der Waals surface area contributed by atoms with Gasteiger partial charge in [-0.1, -0.05) is 4.49 Å². The number of nitrogens with zero attached hydrogens (tertiary/aromatic N) is 3. The van der Waals surface area contributed by atoms with E-state index in [2.05, 4.69) is 33.7 Å². The topological polar surface area (TPSA) is 41.1 Å². The van der Waals surface area contributed by atoms with Gasteiger partial charge in [0.05, 0.1) is 5.69 Å².